The predicted molar refractivity (Wildman–Crippen MR) is 270 cm³/mol. The highest BCUT2D eigenvalue weighted by atomic mass is 31.2. The van der Waals surface area contributed by atoms with Gasteiger partial charge in [0.25, 0.3) is 0 Å². The van der Waals surface area contributed by atoms with Crippen molar-refractivity contribution >= 4 is 25.7 Å². The van der Waals surface area contributed by atoms with Gasteiger partial charge in [-0.15, -0.1) is 0 Å². The van der Waals surface area contributed by atoms with Crippen molar-refractivity contribution in [3.05, 3.63) is 97.2 Å². The van der Waals surface area contributed by atoms with Gasteiger partial charge in [0.05, 0.1) is 19.8 Å². The van der Waals surface area contributed by atoms with Crippen molar-refractivity contribution < 1.29 is 52.2 Å². The largest absolute Gasteiger partial charge is 0.472 e. The zero-order valence-electron chi connectivity index (χ0n) is 41.1. The number of carbonyl (C=O) groups excluding carboxylic acids is 3. The molecule has 0 heterocycles. The predicted octanol–water partition coefficient (Wildman–Crippen LogP) is 14.1. The quantitative estimate of drug-likeness (QED) is 0.0197. The lowest BCUT2D eigenvalue weighted by atomic mass is 10.0. The Kier molecular flexibility index (Phi) is 45.3. The van der Waals surface area contributed by atoms with Gasteiger partial charge in [-0.05, 0) is 70.6 Å². The summed E-state index contributed by atoms with van der Waals surface area (Å²) >= 11 is 0. The summed E-state index contributed by atoms with van der Waals surface area (Å²) in [6.45, 7) is 4.21. The molecule has 0 aliphatic carbocycles. The number of aliphatic hydroxyl groups excluding tert-OH is 1. The minimum absolute atomic E-state index is 0.0384. The Morgan fingerprint density at radius 2 is 0.788 bits per heavy atom. The Morgan fingerprint density at radius 3 is 1.18 bits per heavy atom. The van der Waals surface area contributed by atoms with Gasteiger partial charge >= 0.3 is 25.7 Å². The maximum absolute atomic E-state index is 12.8. The molecule has 376 valence electrons. The SMILES string of the molecule is CC/C=C\C/C=C\C/C=C\C/C=C\CCC(=O)OC(CO)COP(=O)(O)OCC(COC(=O)CCCCCCCCCCCCCCC)OC(=O)CC/C=C\C/C=C\C/C=C\C/C=C\CC. The van der Waals surface area contributed by atoms with E-state index in [1.54, 1.807) is 0 Å². The second kappa shape index (κ2) is 47.9. The highest BCUT2D eigenvalue weighted by Crippen LogP contribution is 2.43. The van der Waals surface area contributed by atoms with Gasteiger partial charge in [-0.2, -0.15) is 0 Å². The molecular weight excluding hydrogens is 856 g/mol. The normalized spacial score (nSPS) is 14.3. The Bertz CT molecular complexity index is 1480. The van der Waals surface area contributed by atoms with Crippen molar-refractivity contribution in [1.82, 2.24) is 0 Å². The smallest absolute Gasteiger partial charge is 0.462 e. The van der Waals surface area contributed by atoms with Gasteiger partial charge in [0.2, 0.25) is 0 Å². The molecule has 0 radical (unpaired) electrons. The molecule has 0 aromatic heterocycles. The summed E-state index contributed by atoms with van der Waals surface area (Å²) in [6, 6.07) is 0. The van der Waals surface area contributed by atoms with Crippen molar-refractivity contribution in [2.45, 2.75) is 200 Å². The summed E-state index contributed by atoms with van der Waals surface area (Å²) in [5, 5.41) is 9.74. The fourth-order valence-electron chi connectivity index (χ4n) is 6.26. The van der Waals surface area contributed by atoms with Crippen LogP contribution >= 0.6 is 7.82 Å². The Morgan fingerprint density at radius 1 is 0.439 bits per heavy atom. The Labute approximate surface area is 400 Å². The molecule has 11 nitrogen and oxygen atoms in total. The first-order valence-corrected chi connectivity index (χ1v) is 26.6. The first kappa shape index (κ1) is 62.4. The maximum atomic E-state index is 12.8. The fourth-order valence-corrected chi connectivity index (χ4v) is 7.05. The molecule has 12 heteroatoms. The van der Waals surface area contributed by atoms with Crippen LogP contribution in [0, 0.1) is 0 Å². The molecule has 0 aliphatic rings. The molecule has 3 atom stereocenters. The number of rotatable bonds is 45. The molecule has 0 saturated heterocycles. The number of allylic oxidation sites excluding steroid dienone is 16. The zero-order chi connectivity index (χ0) is 48.4. The van der Waals surface area contributed by atoms with Crippen molar-refractivity contribution in [1.29, 1.82) is 0 Å². The highest BCUT2D eigenvalue weighted by molar-refractivity contribution is 7.47. The summed E-state index contributed by atoms with van der Waals surface area (Å²) in [5.74, 6) is -1.66. The molecule has 2 N–H and O–H groups in total. The van der Waals surface area contributed by atoms with Gasteiger partial charge < -0.3 is 24.2 Å². The van der Waals surface area contributed by atoms with E-state index < -0.39 is 57.8 Å². The van der Waals surface area contributed by atoms with E-state index in [0.29, 0.717) is 19.3 Å². The number of hydrogen-bond acceptors (Lipinski definition) is 10. The zero-order valence-corrected chi connectivity index (χ0v) is 42.0. The van der Waals surface area contributed by atoms with Gasteiger partial charge in [0.1, 0.15) is 12.7 Å². The van der Waals surface area contributed by atoms with E-state index >= 15 is 0 Å². The van der Waals surface area contributed by atoms with Crippen LogP contribution < -0.4 is 0 Å². The third-order valence-electron chi connectivity index (χ3n) is 10.0. The number of carbonyl (C=O) groups is 3. The number of ether oxygens (including phenoxy) is 3. The molecule has 0 fully saturated rings. The van der Waals surface area contributed by atoms with E-state index in [4.69, 9.17) is 23.3 Å². The fraction of sp³-hybridized carbons (Fsp3) is 0.648. The number of phosphoric acid groups is 1. The summed E-state index contributed by atoms with van der Waals surface area (Å²) in [5.41, 5.74) is 0. The number of hydrogen-bond donors (Lipinski definition) is 2. The van der Waals surface area contributed by atoms with Crippen LogP contribution in [0.1, 0.15) is 188 Å². The summed E-state index contributed by atoms with van der Waals surface area (Å²) < 4.78 is 39.1. The van der Waals surface area contributed by atoms with E-state index in [9.17, 15) is 28.9 Å². The van der Waals surface area contributed by atoms with Crippen molar-refractivity contribution in [3.8, 4) is 0 Å². The van der Waals surface area contributed by atoms with Crippen molar-refractivity contribution in [2.24, 2.45) is 0 Å². The van der Waals surface area contributed by atoms with E-state index in [-0.39, 0.29) is 25.9 Å². The topological polar surface area (TPSA) is 155 Å². The first-order valence-electron chi connectivity index (χ1n) is 25.1. The van der Waals surface area contributed by atoms with Crippen LogP contribution in [0.3, 0.4) is 0 Å². The summed E-state index contributed by atoms with van der Waals surface area (Å²) in [4.78, 5) is 48.2. The Hall–Kier alpha value is -3.60. The lowest BCUT2D eigenvalue weighted by Crippen LogP contribution is -2.30. The van der Waals surface area contributed by atoms with Crippen LogP contribution in [0.15, 0.2) is 97.2 Å². The number of esters is 3. The minimum atomic E-state index is -4.78. The molecule has 0 aromatic carbocycles. The van der Waals surface area contributed by atoms with E-state index in [1.165, 1.54) is 57.8 Å². The molecule has 0 aliphatic heterocycles. The van der Waals surface area contributed by atoms with Gasteiger partial charge in [-0.3, -0.25) is 23.4 Å². The van der Waals surface area contributed by atoms with Crippen LogP contribution in [-0.2, 0) is 42.2 Å². The maximum Gasteiger partial charge on any atom is 0.472 e. The first-order chi connectivity index (χ1) is 32.2. The average Bonchev–Trinajstić information content (AvgIpc) is 3.30. The van der Waals surface area contributed by atoms with E-state index in [2.05, 4.69) is 87.6 Å². The van der Waals surface area contributed by atoms with Gasteiger partial charge in [-0.1, -0.05) is 195 Å². The number of aliphatic hydroxyl groups is 1. The second-order valence-electron chi connectivity index (χ2n) is 16.2. The van der Waals surface area contributed by atoms with Gasteiger partial charge in [0, 0.05) is 19.3 Å². The van der Waals surface area contributed by atoms with Crippen LogP contribution in [0.5, 0.6) is 0 Å². The molecule has 0 aromatic rings. The van der Waals surface area contributed by atoms with Crippen LogP contribution in [-0.4, -0.2) is 66.5 Å². The third kappa shape index (κ3) is 45.6. The molecular formula is C54H89O11P. The minimum Gasteiger partial charge on any atom is -0.462 e. The Balaban J connectivity index is 4.90. The van der Waals surface area contributed by atoms with Crippen LogP contribution in [0.2, 0.25) is 0 Å². The standard InChI is InChI=1S/C54H89O11P/c1-4-7-10-13-16-19-22-25-28-31-34-37-40-43-52(56)61-47-51(65-54(58)45-42-39-36-33-30-27-24-21-18-15-12-9-6-3)49-63-66(59,60)62-48-50(46-55)64-53(57)44-41-38-35-32-29-26-23-20-17-14-11-8-5-2/h8-9,11-12,17-18,20-21,26-27,29-30,35-36,38-39,50-51,55H,4-7,10,13-16,19,22-25,28,31-34,37,40-49H2,1-3H3,(H,59,60)/b11-8-,12-9-,20-17-,21-18-,29-26-,30-27-,38-35-,39-36-. The van der Waals surface area contributed by atoms with Crippen LogP contribution in [0.4, 0.5) is 0 Å². The lowest BCUT2D eigenvalue weighted by Gasteiger charge is -2.21. The monoisotopic (exact) mass is 945 g/mol. The number of unbranched alkanes of at least 4 members (excludes halogenated alkanes) is 12. The van der Waals surface area contributed by atoms with E-state index in [1.807, 2.05) is 30.4 Å². The van der Waals surface area contributed by atoms with Gasteiger partial charge in [0.15, 0.2) is 6.10 Å². The summed E-state index contributed by atoms with van der Waals surface area (Å²) in [7, 11) is -4.78. The van der Waals surface area contributed by atoms with Crippen LogP contribution in [0.25, 0.3) is 0 Å². The molecule has 0 bridgehead atoms. The third-order valence-corrected chi connectivity index (χ3v) is 11.0. The number of phosphoric ester groups is 1. The second-order valence-corrected chi connectivity index (χ2v) is 17.7. The van der Waals surface area contributed by atoms with Crippen molar-refractivity contribution in [2.75, 3.05) is 26.4 Å². The van der Waals surface area contributed by atoms with Crippen molar-refractivity contribution in [3.63, 3.8) is 0 Å². The molecule has 0 saturated carbocycles. The highest BCUT2D eigenvalue weighted by Gasteiger charge is 2.28. The average molecular weight is 945 g/mol. The molecule has 3 unspecified atom stereocenters. The van der Waals surface area contributed by atoms with Gasteiger partial charge in [-0.25, -0.2) is 4.57 Å². The summed E-state index contributed by atoms with van der Waals surface area (Å²) in [6.07, 6.45) is 54.2. The molecule has 0 rings (SSSR count). The lowest BCUT2D eigenvalue weighted by molar-refractivity contribution is -0.161. The molecule has 66 heavy (non-hydrogen) atoms. The van der Waals surface area contributed by atoms with E-state index in [0.717, 1.165) is 70.6 Å². The molecule has 0 spiro atoms. The molecule has 0 amide bonds.